The Morgan fingerprint density at radius 1 is 1.09 bits per heavy atom. The molecule has 1 aliphatic heterocycles. The summed E-state index contributed by atoms with van der Waals surface area (Å²) in [5.74, 6) is -0.158. The van der Waals surface area contributed by atoms with Crippen LogP contribution < -0.4 is 4.90 Å². The number of carbonyl (C=O) groups is 1. The Morgan fingerprint density at radius 3 is 2.48 bits per heavy atom. The highest BCUT2D eigenvalue weighted by Gasteiger charge is 2.24. The SMILES string of the molecule is CC(C)N(C(=O)c1ccc(Cl)cc1Cl)c1cc2ccocc-2c1. The maximum absolute atomic E-state index is 13.0. The van der Waals surface area contributed by atoms with Gasteiger partial charge in [-0.25, -0.2) is 0 Å². The van der Waals surface area contributed by atoms with E-state index >= 15 is 0 Å². The highest BCUT2D eigenvalue weighted by Crippen LogP contribution is 2.34. The van der Waals surface area contributed by atoms with Gasteiger partial charge in [-0.05, 0) is 55.8 Å². The van der Waals surface area contributed by atoms with Crippen molar-refractivity contribution < 1.29 is 9.21 Å². The van der Waals surface area contributed by atoms with Gasteiger partial charge in [-0.2, -0.15) is 0 Å². The molecule has 1 aromatic carbocycles. The summed E-state index contributed by atoms with van der Waals surface area (Å²) < 4.78 is 5.18. The summed E-state index contributed by atoms with van der Waals surface area (Å²) in [5, 5.41) is 0.850. The fraction of sp³-hybridized carbons (Fsp3) is 0.167. The first-order valence-electron chi connectivity index (χ1n) is 7.22. The van der Waals surface area contributed by atoms with Crippen molar-refractivity contribution in [3.8, 4) is 11.1 Å². The van der Waals surface area contributed by atoms with E-state index in [1.807, 2.05) is 32.0 Å². The van der Waals surface area contributed by atoms with E-state index in [2.05, 4.69) is 0 Å². The maximum Gasteiger partial charge on any atom is 0.260 e. The van der Waals surface area contributed by atoms with Gasteiger partial charge < -0.3 is 9.32 Å². The first-order chi connectivity index (χ1) is 11.0. The molecule has 1 aliphatic carbocycles. The third-order valence-electron chi connectivity index (χ3n) is 3.64. The highest BCUT2D eigenvalue weighted by atomic mass is 35.5. The number of hydrogen-bond acceptors (Lipinski definition) is 2. The van der Waals surface area contributed by atoms with Crippen LogP contribution in [0.15, 0.2) is 53.3 Å². The van der Waals surface area contributed by atoms with E-state index in [-0.39, 0.29) is 11.9 Å². The monoisotopic (exact) mass is 347 g/mol. The Kier molecular flexibility index (Phi) is 4.33. The molecular formula is C18H15Cl2NO2. The van der Waals surface area contributed by atoms with Gasteiger partial charge in [-0.1, -0.05) is 23.2 Å². The number of halogens is 2. The summed E-state index contributed by atoms with van der Waals surface area (Å²) in [6.07, 6.45) is 3.28. The minimum atomic E-state index is -0.158. The minimum Gasteiger partial charge on any atom is -0.472 e. The van der Waals surface area contributed by atoms with Crippen LogP contribution in [0.4, 0.5) is 5.69 Å². The lowest BCUT2D eigenvalue weighted by molar-refractivity contribution is 0.0980. The van der Waals surface area contributed by atoms with Crippen molar-refractivity contribution >= 4 is 34.8 Å². The molecule has 0 saturated carbocycles. The lowest BCUT2D eigenvalue weighted by Gasteiger charge is -2.26. The summed E-state index contributed by atoms with van der Waals surface area (Å²) in [4.78, 5) is 14.7. The molecule has 2 aliphatic rings. The molecule has 1 heterocycles. The number of anilines is 1. The molecule has 0 N–H and O–H groups in total. The molecule has 0 aromatic heterocycles. The number of carbonyl (C=O) groups excluding carboxylic acids is 1. The normalized spacial score (nSPS) is 11.2. The second kappa shape index (κ2) is 6.26. The van der Waals surface area contributed by atoms with E-state index in [1.165, 1.54) is 0 Å². The summed E-state index contributed by atoms with van der Waals surface area (Å²) in [5.41, 5.74) is 3.21. The first-order valence-corrected chi connectivity index (χ1v) is 7.97. The van der Waals surface area contributed by atoms with Crippen molar-refractivity contribution in [3.05, 3.63) is 64.5 Å². The van der Waals surface area contributed by atoms with Crippen LogP contribution in [0.2, 0.25) is 10.0 Å². The second-order valence-corrected chi connectivity index (χ2v) is 6.42. The number of benzene rings is 1. The number of nitrogens with zero attached hydrogens (tertiary/aromatic N) is 1. The lowest BCUT2D eigenvalue weighted by atomic mass is 10.1. The predicted octanol–water partition coefficient (Wildman–Crippen LogP) is 5.75. The average molecular weight is 348 g/mol. The molecule has 1 aromatic rings. The van der Waals surface area contributed by atoms with Crippen LogP contribution in [0, 0.1) is 0 Å². The topological polar surface area (TPSA) is 33.5 Å². The Hall–Kier alpha value is -1.97. The largest absolute Gasteiger partial charge is 0.472 e. The van der Waals surface area contributed by atoms with Crippen LogP contribution in [-0.2, 0) is 0 Å². The quantitative estimate of drug-likeness (QED) is 0.604. The zero-order valence-electron chi connectivity index (χ0n) is 12.7. The van der Waals surface area contributed by atoms with E-state index in [9.17, 15) is 4.79 Å². The Bertz CT molecular complexity index is 796. The predicted molar refractivity (Wildman–Crippen MR) is 93.7 cm³/mol. The van der Waals surface area contributed by atoms with Crippen LogP contribution in [0.25, 0.3) is 11.1 Å². The van der Waals surface area contributed by atoms with Gasteiger partial charge in [0.05, 0.1) is 23.1 Å². The van der Waals surface area contributed by atoms with Gasteiger partial charge in [0, 0.05) is 22.3 Å². The van der Waals surface area contributed by atoms with Gasteiger partial charge in [0.15, 0.2) is 0 Å². The third kappa shape index (κ3) is 3.07. The molecule has 23 heavy (non-hydrogen) atoms. The van der Waals surface area contributed by atoms with Gasteiger partial charge in [0.25, 0.3) is 5.91 Å². The van der Waals surface area contributed by atoms with Gasteiger partial charge in [0.2, 0.25) is 0 Å². The molecule has 5 heteroatoms. The molecule has 0 saturated heterocycles. The van der Waals surface area contributed by atoms with Crippen molar-refractivity contribution in [1.82, 2.24) is 0 Å². The fourth-order valence-corrected chi connectivity index (χ4v) is 3.07. The minimum absolute atomic E-state index is 0.0250. The van der Waals surface area contributed by atoms with Gasteiger partial charge in [-0.15, -0.1) is 0 Å². The number of amides is 1. The van der Waals surface area contributed by atoms with E-state index in [0.29, 0.717) is 15.6 Å². The number of fused-ring (bicyclic) bond motifs is 1. The smallest absolute Gasteiger partial charge is 0.260 e. The molecule has 3 rings (SSSR count). The molecular weight excluding hydrogens is 333 g/mol. The number of hydrogen-bond donors (Lipinski definition) is 0. The third-order valence-corrected chi connectivity index (χ3v) is 4.18. The maximum atomic E-state index is 13.0. The standard InChI is InChI=1S/C18H15Cl2NO2/c1-11(2)21(15-7-12-5-6-23-10-13(12)8-15)18(22)16-4-3-14(19)9-17(16)20/h3-11H,1-2H3. The average Bonchev–Trinajstić information content (AvgIpc) is 2.89. The van der Waals surface area contributed by atoms with E-state index in [4.69, 9.17) is 27.6 Å². The van der Waals surface area contributed by atoms with Crippen LogP contribution in [0.3, 0.4) is 0 Å². The van der Waals surface area contributed by atoms with Crippen molar-refractivity contribution in [3.63, 3.8) is 0 Å². The van der Waals surface area contributed by atoms with E-state index in [1.54, 1.807) is 35.6 Å². The molecule has 0 spiro atoms. The van der Waals surface area contributed by atoms with Crippen molar-refractivity contribution in [1.29, 1.82) is 0 Å². The molecule has 0 radical (unpaired) electrons. The summed E-state index contributed by atoms with van der Waals surface area (Å²) >= 11 is 12.1. The fourth-order valence-electron chi connectivity index (χ4n) is 2.58. The molecule has 118 valence electrons. The Morgan fingerprint density at radius 2 is 1.83 bits per heavy atom. The molecule has 0 atom stereocenters. The second-order valence-electron chi connectivity index (χ2n) is 5.57. The zero-order valence-corrected chi connectivity index (χ0v) is 14.2. The molecule has 1 amide bonds. The van der Waals surface area contributed by atoms with Crippen molar-refractivity contribution in [2.75, 3.05) is 4.90 Å². The summed E-state index contributed by atoms with van der Waals surface area (Å²) in [6.45, 7) is 3.92. The molecule has 0 unspecified atom stereocenters. The Balaban J connectivity index is 2.05. The first kappa shape index (κ1) is 15.9. The van der Waals surface area contributed by atoms with E-state index < -0.39 is 0 Å². The van der Waals surface area contributed by atoms with Gasteiger partial charge in [0.1, 0.15) is 0 Å². The summed E-state index contributed by atoms with van der Waals surface area (Å²) in [7, 11) is 0. The van der Waals surface area contributed by atoms with Crippen LogP contribution >= 0.6 is 23.2 Å². The van der Waals surface area contributed by atoms with Crippen molar-refractivity contribution in [2.24, 2.45) is 0 Å². The number of rotatable bonds is 3. The molecule has 0 fully saturated rings. The molecule has 3 nitrogen and oxygen atoms in total. The Labute approximate surface area is 144 Å². The van der Waals surface area contributed by atoms with Crippen molar-refractivity contribution in [2.45, 2.75) is 19.9 Å². The van der Waals surface area contributed by atoms with Gasteiger partial charge >= 0.3 is 0 Å². The van der Waals surface area contributed by atoms with E-state index in [0.717, 1.165) is 16.8 Å². The summed E-state index contributed by atoms with van der Waals surface area (Å²) in [6, 6.07) is 10.6. The van der Waals surface area contributed by atoms with Crippen LogP contribution in [-0.4, -0.2) is 11.9 Å². The molecule has 0 bridgehead atoms. The zero-order chi connectivity index (χ0) is 16.6. The van der Waals surface area contributed by atoms with Gasteiger partial charge in [-0.3, -0.25) is 4.79 Å². The van der Waals surface area contributed by atoms with Crippen LogP contribution in [0.1, 0.15) is 24.2 Å². The lowest BCUT2D eigenvalue weighted by Crippen LogP contribution is -2.36. The highest BCUT2D eigenvalue weighted by molar-refractivity contribution is 6.37. The van der Waals surface area contributed by atoms with Crippen LogP contribution in [0.5, 0.6) is 0 Å².